The van der Waals surface area contributed by atoms with Crippen molar-refractivity contribution in [2.45, 2.75) is 51.6 Å². The molecule has 0 spiro atoms. The molecule has 0 amide bonds. The van der Waals surface area contributed by atoms with Crippen molar-refractivity contribution in [1.29, 1.82) is 0 Å². The van der Waals surface area contributed by atoms with Crippen molar-refractivity contribution in [1.82, 2.24) is 10.2 Å². The minimum Gasteiger partial charge on any atom is -0.395 e. The Labute approximate surface area is 93.9 Å². The van der Waals surface area contributed by atoms with E-state index in [0.29, 0.717) is 12.1 Å². The van der Waals surface area contributed by atoms with E-state index in [1.807, 2.05) is 0 Å². The maximum atomic E-state index is 9.15. The molecule has 1 unspecified atom stereocenters. The molecule has 0 aliphatic carbocycles. The number of aliphatic hydroxyl groups is 1. The first-order chi connectivity index (χ1) is 7.30. The third kappa shape index (κ3) is 4.49. The Hall–Kier alpha value is -0.120. The summed E-state index contributed by atoms with van der Waals surface area (Å²) in [5.41, 5.74) is 0. The molecule has 90 valence electrons. The van der Waals surface area contributed by atoms with E-state index in [0.717, 1.165) is 6.42 Å². The molecule has 1 aliphatic heterocycles. The standard InChI is InChI=1S/C12H26N2O/c1-3-11(10-15)13-12-6-5-8-14(4-2)9-7-12/h11-13,15H,3-10H2,1-2H3/t11-,12?/m0/s1. The van der Waals surface area contributed by atoms with Crippen LogP contribution in [0.25, 0.3) is 0 Å². The van der Waals surface area contributed by atoms with Gasteiger partial charge in [0.25, 0.3) is 0 Å². The van der Waals surface area contributed by atoms with Crippen LogP contribution < -0.4 is 5.32 Å². The van der Waals surface area contributed by atoms with Gasteiger partial charge in [-0.05, 0) is 45.3 Å². The highest BCUT2D eigenvalue weighted by Gasteiger charge is 2.17. The van der Waals surface area contributed by atoms with Crippen LogP contribution in [0.3, 0.4) is 0 Å². The summed E-state index contributed by atoms with van der Waals surface area (Å²) in [7, 11) is 0. The van der Waals surface area contributed by atoms with Crippen molar-refractivity contribution in [3.05, 3.63) is 0 Å². The summed E-state index contributed by atoms with van der Waals surface area (Å²) in [6.07, 6.45) is 4.79. The van der Waals surface area contributed by atoms with Gasteiger partial charge in [-0.2, -0.15) is 0 Å². The summed E-state index contributed by atoms with van der Waals surface area (Å²) in [5, 5.41) is 12.7. The molecule has 1 fully saturated rings. The van der Waals surface area contributed by atoms with Gasteiger partial charge < -0.3 is 15.3 Å². The molecule has 1 saturated heterocycles. The van der Waals surface area contributed by atoms with Gasteiger partial charge in [-0.15, -0.1) is 0 Å². The quantitative estimate of drug-likeness (QED) is 0.722. The van der Waals surface area contributed by atoms with Gasteiger partial charge in [-0.3, -0.25) is 0 Å². The second-order valence-corrected chi connectivity index (χ2v) is 4.52. The maximum absolute atomic E-state index is 9.15. The fourth-order valence-electron chi connectivity index (χ4n) is 2.27. The summed E-state index contributed by atoms with van der Waals surface area (Å²) < 4.78 is 0. The first-order valence-electron chi connectivity index (χ1n) is 6.39. The first-order valence-corrected chi connectivity index (χ1v) is 6.39. The number of likely N-dealkylation sites (tertiary alicyclic amines) is 1. The van der Waals surface area contributed by atoms with Gasteiger partial charge in [-0.25, -0.2) is 0 Å². The molecular weight excluding hydrogens is 188 g/mol. The molecule has 15 heavy (non-hydrogen) atoms. The van der Waals surface area contributed by atoms with E-state index in [4.69, 9.17) is 5.11 Å². The molecule has 1 aliphatic rings. The summed E-state index contributed by atoms with van der Waals surface area (Å²) in [5.74, 6) is 0. The third-order valence-corrected chi connectivity index (χ3v) is 3.45. The summed E-state index contributed by atoms with van der Waals surface area (Å²) in [6.45, 7) is 8.24. The molecule has 0 aromatic carbocycles. The highest BCUT2D eigenvalue weighted by molar-refractivity contribution is 4.77. The topological polar surface area (TPSA) is 35.5 Å². The molecule has 0 radical (unpaired) electrons. The Morgan fingerprint density at radius 1 is 1.33 bits per heavy atom. The Morgan fingerprint density at radius 2 is 2.13 bits per heavy atom. The fourth-order valence-corrected chi connectivity index (χ4v) is 2.27. The lowest BCUT2D eigenvalue weighted by molar-refractivity contribution is 0.222. The lowest BCUT2D eigenvalue weighted by Gasteiger charge is -2.22. The monoisotopic (exact) mass is 214 g/mol. The molecular formula is C12H26N2O. The lowest BCUT2D eigenvalue weighted by Crippen LogP contribution is -2.40. The first kappa shape index (κ1) is 12.9. The van der Waals surface area contributed by atoms with Crippen LogP contribution in [0, 0.1) is 0 Å². The third-order valence-electron chi connectivity index (χ3n) is 3.45. The average Bonchev–Trinajstić information content (AvgIpc) is 2.50. The van der Waals surface area contributed by atoms with Crippen molar-refractivity contribution >= 4 is 0 Å². The van der Waals surface area contributed by atoms with Crippen molar-refractivity contribution < 1.29 is 5.11 Å². The van der Waals surface area contributed by atoms with Crippen LogP contribution in [0.5, 0.6) is 0 Å². The molecule has 1 heterocycles. The SMILES string of the molecule is CC[C@@H](CO)NC1CCCN(CC)CC1. The molecule has 1 rings (SSSR count). The van der Waals surface area contributed by atoms with Gasteiger partial charge in [0.1, 0.15) is 0 Å². The summed E-state index contributed by atoms with van der Waals surface area (Å²) in [6, 6.07) is 0.904. The fraction of sp³-hybridized carbons (Fsp3) is 1.00. The van der Waals surface area contributed by atoms with E-state index >= 15 is 0 Å². The van der Waals surface area contributed by atoms with Crippen molar-refractivity contribution in [2.24, 2.45) is 0 Å². The predicted octanol–water partition coefficient (Wildman–Crippen LogP) is 1.22. The molecule has 3 nitrogen and oxygen atoms in total. The van der Waals surface area contributed by atoms with Crippen LogP contribution in [-0.4, -0.2) is 48.3 Å². The van der Waals surface area contributed by atoms with Gasteiger partial charge in [0, 0.05) is 12.1 Å². The van der Waals surface area contributed by atoms with Crippen LogP contribution in [0.2, 0.25) is 0 Å². The molecule has 3 heteroatoms. The summed E-state index contributed by atoms with van der Waals surface area (Å²) in [4.78, 5) is 2.52. The number of hydrogen-bond donors (Lipinski definition) is 2. The minimum absolute atomic E-state index is 0.268. The molecule has 2 atom stereocenters. The lowest BCUT2D eigenvalue weighted by atomic mass is 10.1. The van der Waals surface area contributed by atoms with Crippen LogP contribution in [0.15, 0.2) is 0 Å². The van der Waals surface area contributed by atoms with E-state index < -0.39 is 0 Å². The van der Waals surface area contributed by atoms with E-state index in [1.165, 1.54) is 38.9 Å². The van der Waals surface area contributed by atoms with E-state index in [1.54, 1.807) is 0 Å². The van der Waals surface area contributed by atoms with Crippen molar-refractivity contribution in [3.8, 4) is 0 Å². The smallest absolute Gasteiger partial charge is 0.0584 e. The number of rotatable bonds is 5. The van der Waals surface area contributed by atoms with E-state index in [2.05, 4.69) is 24.1 Å². The zero-order valence-corrected chi connectivity index (χ0v) is 10.2. The molecule has 2 N–H and O–H groups in total. The van der Waals surface area contributed by atoms with Crippen molar-refractivity contribution in [3.63, 3.8) is 0 Å². The van der Waals surface area contributed by atoms with Crippen LogP contribution >= 0.6 is 0 Å². The van der Waals surface area contributed by atoms with Gasteiger partial charge in [-0.1, -0.05) is 13.8 Å². The van der Waals surface area contributed by atoms with Crippen LogP contribution in [0.1, 0.15) is 39.5 Å². The highest BCUT2D eigenvalue weighted by Crippen LogP contribution is 2.11. The van der Waals surface area contributed by atoms with Crippen molar-refractivity contribution in [2.75, 3.05) is 26.2 Å². The van der Waals surface area contributed by atoms with E-state index in [9.17, 15) is 0 Å². The number of nitrogens with zero attached hydrogens (tertiary/aromatic N) is 1. The van der Waals surface area contributed by atoms with Gasteiger partial charge in [0.2, 0.25) is 0 Å². The summed E-state index contributed by atoms with van der Waals surface area (Å²) >= 11 is 0. The number of hydrogen-bond acceptors (Lipinski definition) is 3. The molecule has 0 aromatic rings. The zero-order chi connectivity index (χ0) is 11.1. The van der Waals surface area contributed by atoms with Crippen LogP contribution in [-0.2, 0) is 0 Å². The number of nitrogens with one attached hydrogen (secondary N) is 1. The maximum Gasteiger partial charge on any atom is 0.0584 e. The second kappa shape index (κ2) is 7.20. The Bertz CT molecular complexity index is 160. The van der Waals surface area contributed by atoms with E-state index in [-0.39, 0.29) is 6.61 Å². The Balaban J connectivity index is 2.30. The molecule has 0 saturated carbocycles. The van der Waals surface area contributed by atoms with Gasteiger partial charge in [0.05, 0.1) is 6.61 Å². The Morgan fingerprint density at radius 3 is 2.73 bits per heavy atom. The zero-order valence-electron chi connectivity index (χ0n) is 10.2. The van der Waals surface area contributed by atoms with Gasteiger partial charge >= 0.3 is 0 Å². The predicted molar refractivity (Wildman–Crippen MR) is 64.1 cm³/mol. The number of aliphatic hydroxyl groups excluding tert-OH is 1. The largest absolute Gasteiger partial charge is 0.395 e. The normalized spacial score (nSPS) is 26.2. The minimum atomic E-state index is 0.268. The Kier molecular flexibility index (Phi) is 6.22. The second-order valence-electron chi connectivity index (χ2n) is 4.52. The molecule has 0 aromatic heterocycles. The molecule has 0 bridgehead atoms. The van der Waals surface area contributed by atoms with Crippen LogP contribution in [0.4, 0.5) is 0 Å². The average molecular weight is 214 g/mol. The van der Waals surface area contributed by atoms with Gasteiger partial charge in [0.15, 0.2) is 0 Å². The highest BCUT2D eigenvalue weighted by atomic mass is 16.3.